The third kappa shape index (κ3) is 8.25. The van der Waals surface area contributed by atoms with Crippen molar-refractivity contribution in [3.05, 3.63) is 58.1 Å². The van der Waals surface area contributed by atoms with Crippen LogP contribution in [0.25, 0.3) is 0 Å². The summed E-state index contributed by atoms with van der Waals surface area (Å²) in [6, 6.07) is 11.3. The van der Waals surface area contributed by atoms with Crippen molar-refractivity contribution < 1.29 is 22.7 Å². The molecule has 3 rings (SSSR count). The molecule has 1 aliphatic rings. The summed E-state index contributed by atoms with van der Waals surface area (Å²) in [5.74, 6) is 0.00171. The van der Waals surface area contributed by atoms with Crippen molar-refractivity contribution in [2.45, 2.75) is 64.1 Å². The first kappa shape index (κ1) is 30.1. The first-order valence-electron chi connectivity index (χ1n) is 12.6. The van der Waals surface area contributed by atoms with Gasteiger partial charge in [0.05, 0.1) is 24.1 Å². The zero-order valence-corrected chi connectivity index (χ0v) is 24.3. The first-order valence-corrected chi connectivity index (χ1v) is 15.3. The van der Waals surface area contributed by atoms with Gasteiger partial charge in [0.15, 0.2) is 0 Å². The molecule has 0 aliphatic heterocycles. The Morgan fingerprint density at radius 1 is 1.11 bits per heavy atom. The monoisotopic (exact) mass is 583 g/mol. The fourth-order valence-electron chi connectivity index (χ4n) is 4.58. The fourth-order valence-corrected chi connectivity index (χ4v) is 5.91. The van der Waals surface area contributed by atoms with Crippen LogP contribution in [0.1, 0.15) is 51.0 Å². The number of rotatable bonds is 12. The summed E-state index contributed by atoms with van der Waals surface area (Å²) in [4.78, 5) is 28.0. The Kier molecular flexibility index (Phi) is 10.7. The van der Waals surface area contributed by atoms with Crippen LogP contribution in [0, 0.1) is 0 Å². The van der Waals surface area contributed by atoms with Crippen LogP contribution in [0.5, 0.6) is 5.75 Å². The van der Waals surface area contributed by atoms with Crippen molar-refractivity contribution >= 4 is 50.7 Å². The molecular formula is C27H35Cl2N3O5S. The number of ether oxygens (including phenoxy) is 1. The summed E-state index contributed by atoms with van der Waals surface area (Å²) < 4.78 is 31.4. The van der Waals surface area contributed by atoms with Crippen LogP contribution in [-0.4, -0.2) is 57.1 Å². The molecule has 0 aromatic heterocycles. The van der Waals surface area contributed by atoms with E-state index < -0.39 is 16.1 Å². The molecule has 2 aromatic carbocycles. The number of carbonyl (C=O) groups excluding carboxylic acids is 2. The Bertz CT molecular complexity index is 1220. The highest BCUT2D eigenvalue weighted by molar-refractivity contribution is 7.92. The number of carbonyl (C=O) groups is 2. The van der Waals surface area contributed by atoms with E-state index in [-0.39, 0.29) is 48.8 Å². The second-order valence-corrected chi connectivity index (χ2v) is 12.3. The van der Waals surface area contributed by atoms with Crippen molar-refractivity contribution in [3.8, 4) is 5.75 Å². The third-order valence-corrected chi connectivity index (χ3v) is 8.45. The van der Waals surface area contributed by atoms with E-state index in [4.69, 9.17) is 27.9 Å². The number of halogens is 2. The molecule has 0 bridgehead atoms. The number of nitrogens with zero attached hydrogens (tertiary/aromatic N) is 2. The molecule has 208 valence electrons. The summed E-state index contributed by atoms with van der Waals surface area (Å²) in [5, 5.41) is 3.94. The van der Waals surface area contributed by atoms with Crippen molar-refractivity contribution in [2.75, 3.05) is 24.2 Å². The van der Waals surface area contributed by atoms with Crippen LogP contribution in [0.3, 0.4) is 0 Å². The van der Waals surface area contributed by atoms with Crippen LogP contribution >= 0.6 is 23.2 Å². The molecule has 0 heterocycles. The number of sulfonamides is 1. The van der Waals surface area contributed by atoms with E-state index in [1.54, 1.807) is 36.1 Å². The van der Waals surface area contributed by atoms with Gasteiger partial charge in [-0.15, -0.1) is 0 Å². The van der Waals surface area contributed by atoms with Crippen LogP contribution in [0.4, 0.5) is 5.69 Å². The molecule has 2 aromatic rings. The standard InChI is InChI=1S/C27H35Cl2N3O5S/c1-19(27(34)30-22-7-4-5-8-22)31(18-20-10-12-21(28)13-11-20)26(33)9-6-16-32(38(3,35)36)23-14-15-25(37-2)24(29)17-23/h10-15,17,19,22H,4-9,16,18H2,1-3H3,(H,30,34)/t19-/m1/s1. The largest absolute Gasteiger partial charge is 0.495 e. The highest BCUT2D eigenvalue weighted by atomic mass is 35.5. The minimum Gasteiger partial charge on any atom is -0.495 e. The summed E-state index contributed by atoms with van der Waals surface area (Å²) in [7, 11) is -2.16. The van der Waals surface area contributed by atoms with Crippen LogP contribution < -0.4 is 14.4 Å². The molecule has 0 spiro atoms. The van der Waals surface area contributed by atoms with E-state index in [0.717, 1.165) is 37.5 Å². The Labute approximate surface area is 235 Å². The van der Waals surface area contributed by atoms with E-state index in [0.29, 0.717) is 16.5 Å². The minimum absolute atomic E-state index is 0.0601. The number of amides is 2. The lowest BCUT2D eigenvalue weighted by molar-refractivity contribution is -0.141. The van der Waals surface area contributed by atoms with Gasteiger partial charge in [0.2, 0.25) is 21.8 Å². The van der Waals surface area contributed by atoms with Gasteiger partial charge in [-0.05, 0) is 62.1 Å². The van der Waals surface area contributed by atoms with Crippen LogP contribution in [-0.2, 0) is 26.2 Å². The molecule has 0 unspecified atom stereocenters. The van der Waals surface area contributed by atoms with E-state index in [1.165, 1.54) is 17.5 Å². The molecule has 0 saturated heterocycles. The molecule has 38 heavy (non-hydrogen) atoms. The normalized spacial score (nSPS) is 14.7. The van der Waals surface area contributed by atoms with Gasteiger partial charge in [0.25, 0.3) is 0 Å². The second-order valence-electron chi connectivity index (χ2n) is 9.57. The number of hydrogen-bond donors (Lipinski definition) is 1. The maximum atomic E-state index is 13.4. The molecule has 1 aliphatic carbocycles. The average Bonchev–Trinajstić information content (AvgIpc) is 3.38. The van der Waals surface area contributed by atoms with Gasteiger partial charge in [0, 0.05) is 30.6 Å². The van der Waals surface area contributed by atoms with Gasteiger partial charge < -0.3 is 15.0 Å². The number of methoxy groups -OCH3 is 1. The van der Waals surface area contributed by atoms with Crippen molar-refractivity contribution in [2.24, 2.45) is 0 Å². The molecular weight excluding hydrogens is 549 g/mol. The molecule has 11 heteroatoms. The predicted octanol–water partition coefficient (Wildman–Crippen LogP) is 5.02. The summed E-state index contributed by atoms with van der Waals surface area (Å²) in [5.41, 5.74) is 1.22. The number of benzene rings is 2. The number of hydrogen-bond acceptors (Lipinski definition) is 5. The molecule has 1 atom stereocenters. The molecule has 0 radical (unpaired) electrons. The maximum Gasteiger partial charge on any atom is 0.242 e. The van der Waals surface area contributed by atoms with Crippen molar-refractivity contribution in [3.63, 3.8) is 0 Å². The quantitative estimate of drug-likeness (QED) is 0.378. The van der Waals surface area contributed by atoms with Gasteiger partial charge >= 0.3 is 0 Å². The molecule has 1 fully saturated rings. The Balaban J connectivity index is 1.72. The SMILES string of the molecule is COc1ccc(N(CCCC(=O)N(Cc2ccc(Cl)cc2)[C@H](C)C(=O)NC2CCCC2)S(C)(=O)=O)cc1Cl. The first-order chi connectivity index (χ1) is 18.0. The Morgan fingerprint density at radius 3 is 2.34 bits per heavy atom. The molecule has 8 nitrogen and oxygen atoms in total. The summed E-state index contributed by atoms with van der Waals surface area (Å²) in [6.07, 6.45) is 5.48. The topological polar surface area (TPSA) is 96.0 Å². The van der Waals surface area contributed by atoms with Crippen LogP contribution in [0.15, 0.2) is 42.5 Å². The second kappa shape index (κ2) is 13.5. The number of nitrogens with one attached hydrogen (secondary N) is 1. The van der Waals surface area contributed by atoms with Gasteiger partial charge in [-0.25, -0.2) is 8.42 Å². The zero-order chi connectivity index (χ0) is 27.9. The van der Waals surface area contributed by atoms with Crippen molar-refractivity contribution in [1.82, 2.24) is 10.2 Å². The number of anilines is 1. The Hall–Kier alpha value is -2.49. The molecule has 2 amide bonds. The Morgan fingerprint density at radius 2 is 1.76 bits per heavy atom. The average molecular weight is 585 g/mol. The summed E-state index contributed by atoms with van der Waals surface area (Å²) in [6.45, 7) is 2.03. The van der Waals surface area contributed by atoms with E-state index in [9.17, 15) is 18.0 Å². The fraction of sp³-hybridized carbons (Fsp3) is 0.481. The van der Waals surface area contributed by atoms with Crippen LogP contribution in [0.2, 0.25) is 10.0 Å². The predicted molar refractivity (Wildman–Crippen MR) is 151 cm³/mol. The van der Waals surface area contributed by atoms with Gasteiger partial charge in [-0.3, -0.25) is 13.9 Å². The maximum absolute atomic E-state index is 13.4. The summed E-state index contributed by atoms with van der Waals surface area (Å²) >= 11 is 12.2. The van der Waals surface area contributed by atoms with Gasteiger partial charge in [0.1, 0.15) is 11.8 Å². The van der Waals surface area contributed by atoms with E-state index in [1.807, 2.05) is 12.1 Å². The molecule has 1 N–H and O–H groups in total. The highest BCUT2D eigenvalue weighted by Crippen LogP contribution is 2.30. The zero-order valence-electron chi connectivity index (χ0n) is 22.0. The minimum atomic E-state index is -3.64. The van der Waals surface area contributed by atoms with E-state index in [2.05, 4.69) is 5.32 Å². The van der Waals surface area contributed by atoms with Gasteiger partial charge in [-0.1, -0.05) is 48.2 Å². The van der Waals surface area contributed by atoms with E-state index >= 15 is 0 Å². The lowest BCUT2D eigenvalue weighted by Gasteiger charge is -2.30. The lowest BCUT2D eigenvalue weighted by Crippen LogP contribution is -2.49. The van der Waals surface area contributed by atoms with Gasteiger partial charge in [-0.2, -0.15) is 0 Å². The highest BCUT2D eigenvalue weighted by Gasteiger charge is 2.29. The third-order valence-electron chi connectivity index (χ3n) is 6.71. The molecule has 1 saturated carbocycles. The lowest BCUT2D eigenvalue weighted by atomic mass is 10.1. The van der Waals surface area contributed by atoms with Crippen molar-refractivity contribution in [1.29, 1.82) is 0 Å². The smallest absolute Gasteiger partial charge is 0.242 e.